The van der Waals surface area contributed by atoms with Crippen LogP contribution in [0.4, 0.5) is 17.1 Å². The molecule has 296 valence electrons. The van der Waals surface area contributed by atoms with Crippen LogP contribution in [0.2, 0.25) is 0 Å². The summed E-state index contributed by atoms with van der Waals surface area (Å²) < 4.78 is 6.25. The molecular formula is C61H41NO. The summed E-state index contributed by atoms with van der Waals surface area (Å²) in [7, 11) is 0. The van der Waals surface area contributed by atoms with Crippen LogP contribution in [0.3, 0.4) is 0 Å². The number of anilines is 3. The zero-order valence-corrected chi connectivity index (χ0v) is 35.1. The van der Waals surface area contributed by atoms with Gasteiger partial charge in [-0.05, 0) is 138 Å². The summed E-state index contributed by atoms with van der Waals surface area (Å²) in [5, 5.41) is 4.81. The molecule has 2 heterocycles. The third-order valence-electron chi connectivity index (χ3n) is 13.8. The van der Waals surface area contributed by atoms with E-state index >= 15 is 0 Å². The monoisotopic (exact) mass is 803 g/mol. The van der Waals surface area contributed by atoms with E-state index in [4.69, 9.17) is 4.42 Å². The predicted octanol–water partition coefficient (Wildman–Crippen LogP) is 17.2. The first-order valence-electron chi connectivity index (χ1n) is 21.9. The van der Waals surface area contributed by atoms with Crippen molar-refractivity contribution in [2.75, 3.05) is 4.90 Å². The fraction of sp³-hybridized carbons (Fsp3) is 0.0492. The Bertz CT molecular complexity index is 3660. The zero-order chi connectivity index (χ0) is 41.8. The number of nitrogens with zero attached hydrogens (tertiary/aromatic N) is 1. The van der Waals surface area contributed by atoms with E-state index < -0.39 is 0 Å². The summed E-state index contributed by atoms with van der Waals surface area (Å²) in [4.78, 5) is 2.50. The lowest BCUT2D eigenvalue weighted by atomic mass is 9.81. The number of para-hydroxylation sites is 2. The molecule has 0 saturated heterocycles. The first-order chi connectivity index (χ1) is 31.0. The van der Waals surface area contributed by atoms with Crippen LogP contribution in [0.15, 0.2) is 217 Å². The summed E-state index contributed by atoms with van der Waals surface area (Å²) in [5.41, 5.74) is 22.5. The molecule has 2 aliphatic rings. The van der Waals surface area contributed by atoms with Crippen LogP contribution in [0, 0.1) is 0 Å². The van der Waals surface area contributed by atoms with Crippen LogP contribution in [-0.2, 0) is 5.41 Å². The highest BCUT2D eigenvalue weighted by molar-refractivity contribution is 6.08. The number of benzene rings is 10. The maximum absolute atomic E-state index is 6.25. The molecule has 0 radical (unpaired) electrons. The Balaban J connectivity index is 0.998. The number of hydrogen-bond acceptors (Lipinski definition) is 2. The highest BCUT2D eigenvalue weighted by atomic mass is 16.3. The van der Waals surface area contributed by atoms with Crippen LogP contribution >= 0.6 is 0 Å². The van der Waals surface area contributed by atoms with E-state index in [1.54, 1.807) is 0 Å². The smallest absolute Gasteiger partial charge is 0.135 e. The highest BCUT2D eigenvalue weighted by Gasteiger charge is 2.37. The minimum atomic E-state index is -0.219. The molecule has 1 aliphatic heterocycles. The minimum absolute atomic E-state index is 0.219. The molecule has 63 heavy (non-hydrogen) atoms. The van der Waals surface area contributed by atoms with Gasteiger partial charge in [0.15, 0.2) is 0 Å². The molecule has 0 N–H and O–H groups in total. The van der Waals surface area contributed by atoms with Crippen molar-refractivity contribution in [3.63, 3.8) is 0 Å². The Morgan fingerprint density at radius 1 is 0.333 bits per heavy atom. The van der Waals surface area contributed by atoms with Crippen molar-refractivity contribution in [3.8, 4) is 66.8 Å². The van der Waals surface area contributed by atoms with E-state index in [2.05, 4.69) is 219 Å². The number of furan rings is 1. The SMILES string of the molecule is CC1(C)c2cc(-c3cccc4ccccc34)ccc2-c2ccc(N3c4ccccc4-c4ccc(-c5ccccc5)cc4-c4cc(-c5ccc6oc7ccccc7c6c5)ccc43)cc21. The Kier molecular flexibility index (Phi) is 7.68. The summed E-state index contributed by atoms with van der Waals surface area (Å²) in [6.07, 6.45) is 0. The van der Waals surface area contributed by atoms with Gasteiger partial charge in [-0.25, -0.2) is 0 Å². The maximum atomic E-state index is 6.25. The topological polar surface area (TPSA) is 16.4 Å². The lowest BCUT2D eigenvalue weighted by Crippen LogP contribution is -2.17. The number of rotatable bonds is 4. The molecule has 2 heteroatoms. The number of fused-ring (bicyclic) bond motifs is 12. The third kappa shape index (κ3) is 5.44. The average molecular weight is 804 g/mol. The van der Waals surface area contributed by atoms with Gasteiger partial charge in [-0.2, -0.15) is 0 Å². The van der Waals surface area contributed by atoms with Gasteiger partial charge in [0, 0.05) is 33.0 Å². The van der Waals surface area contributed by atoms with Crippen LogP contribution in [0.1, 0.15) is 25.0 Å². The molecular weight excluding hydrogens is 763 g/mol. The van der Waals surface area contributed by atoms with E-state index in [9.17, 15) is 0 Å². The van der Waals surface area contributed by atoms with Gasteiger partial charge in [0.25, 0.3) is 0 Å². The van der Waals surface area contributed by atoms with Gasteiger partial charge >= 0.3 is 0 Å². The molecule has 13 rings (SSSR count). The van der Waals surface area contributed by atoms with Crippen LogP contribution in [0.5, 0.6) is 0 Å². The molecule has 0 bridgehead atoms. The fourth-order valence-corrected chi connectivity index (χ4v) is 10.7. The summed E-state index contributed by atoms with van der Waals surface area (Å²) >= 11 is 0. The van der Waals surface area contributed by atoms with Crippen LogP contribution in [-0.4, -0.2) is 0 Å². The van der Waals surface area contributed by atoms with Gasteiger partial charge in [-0.1, -0.05) is 166 Å². The second-order valence-electron chi connectivity index (χ2n) is 17.7. The van der Waals surface area contributed by atoms with Crippen molar-refractivity contribution in [1.82, 2.24) is 0 Å². The maximum Gasteiger partial charge on any atom is 0.135 e. The van der Waals surface area contributed by atoms with Gasteiger partial charge in [-0.15, -0.1) is 0 Å². The van der Waals surface area contributed by atoms with Crippen molar-refractivity contribution in [3.05, 3.63) is 223 Å². The van der Waals surface area contributed by atoms with E-state index in [0.29, 0.717) is 0 Å². The quantitative estimate of drug-likeness (QED) is 0.176. The van der Waals surface area contributed by atoms with E-state index in [-0.39, 0.29) is 5.41 Å². The molecule has 1 aromatic heterocycles. The van der Waals surface area contributed by atoms with Crippen LogP contribution < -0.4 is 4.90 Å². The Hall–Kier alpha value is -7.94. The van der Waals surface area contributed by atoms with Crippen LogP contribution in [0.25, 0.3) is 99.5 Å². The molecule has 11 aromatic rings. The standard InChI is InChI=1S/C61H41NO/c1-61(2)55-36-43(46-20-12-16-39-15-6-7-17-45(39)46)24-29-48(55)49-30-27-44(37-56(49)61)62-57-21-10-8-18-50(57)47-28-23-40(38-13-4-3-5-14-38)33-52(47)53-34-41(25-31-58(53)62)42-26-32-60-54(35-42)51-19-9-11-22-59(51)63-60/h3-37H,1-2H3. The first-order valence-corrected chi connectivity index (χ1v) is 21.9. The normalized spacial score (nSPS) is 13.3. The van der Waals surface area contributed by atoms with Crippen molar-refractivity contribution in [1.29, 1.82) is 0 Å². The molecule has 10 aromatic carbocycles. The van der Waals surface area contributed by atoms with Gasteiger partial charge in [0.1, 0.15) is 11.2 Å². The van der Waals surface area contributed by atoms with Gasteiger partial charge in [0.05, 0.1) is 11.4 Å². The van der Waals surface area contributed by atoms with Gasteiger partial charge in [-0.3, -0.25) is 0 Å². The minimum Gasteiger partial charge on any atom is -0.456 e. The molecule has 0 amide bonds. The second-order valence-corrected chi connectivity index (χ2v) is 17.7. The number of hydrogen-bond donors (Lipinski definition) is 0. The van der Waals surface area contributed by atoms with E-state index in [1.165, 1.54) is 77.5 Å². The Morgan fingerprint density at radius 3 is 1.84 bits per heavy atom. The summed E-state index contributed by atoms with van der Waals surface area (Å²) in [6, 6.07) is 78.3. The summed E-state index contributed by atoms with van der Waals surface area (Å²) in [5.74, 6) is 0. The molecule has 0 saturated carbocycles. The van der Waals surface area contributed by atoms with E-state index in [0.717, 1.165) is 50.1 Å². The van der Waals surface area contributed by atoms with Gasteiger partial charge in [0.2, 0.25) is 0 Å². The average Bonchev–Trinajstić information content (AvgIpc) is 3.78. The fourth-order valence-electron chi connectivity index (χ4n) is 10.7. The van der Waals surface area contributed by atoms with Crippen molar-refractivity contribution >= 4 is 49.8 Å². The van der Waals surface area contributed by atoms with E-state index in [1.807, 2.05) is 12.1 Å². The van der Waals surface area contributed by atoms with Gasteiger partial charge < -0.3 is 9.32 Å². The summed E-state index contributed by atoms with van der Waals surface area (Å²) in [6.45, 7) is 4.79. The third-order valence-corrected chi connectivity index (χ3v) is 13.8. The molecule has 0 unspecified atom stereocenters. The molecule has 0 spiro atoms. The first kappa shape index (κ1) is 35.8. The van der Waals surface area contributed by atoms with Crippen molar-refractivity contribution in [2.24, 2.45) is 0 Å². The lowest BCUT2D eigenvalue weighted by Gasteiger charge is -2.29. The lowest BCUT2D eigenvalue weighted by molar-refractivity contribution is 0.660. The Labute approximate surface area is 367 Å². The van der Waals surface area contributed by atoms with Crippen molar-refractivity contribution in [2.45, 2.75) is 19.3 Å². The second kappa shape index (κ2) is 13.5. The molecule has 0 fully saturated rings. The zero-order valence-electron chi connectivity index (χ0n) is 35.1. The molecule has 0 atom stereocenters. The Morgan fingerprint density at radius 2 is 0.937 bits per heavy atom. The highest BCUT2D eigenvalue weighted by Crippen LogP contribution is 2.55. The predicted molar refractivity (Wildman–Crippen MR) is 264 cm³/mol. The van der Waals surface area contributed by atoms with Crippen molar-refractivity contribution < 1.29 is 4.42 Å². The largest absolute Gasteiger partial charge is 0.456 e. The molecule has 1 aliphatic carbocycles. The molecule has 2 nitrogen and oxygen atoms in total.